The first kappa shape index (κ1) is 10.4. The van der Waals surface area contributed by atoms with Gasteiger partial charge < -0.3 is 10.6 Å². The van der Waals surface area contributed by atoms with Crippen molar-refractivity contribution in [3.8, 4) is 0 Å². The maximum atomic E-state index is 6.34. The molecule has 1 saturated carbocycles. The lowest BCUT2D eigenvalue weighted by atomic mass is 9.75. The molecule has 0 amide bonds. The fourth-order valence-corrected chi connectivity index (χ4v) is 3.31. The number of hydrogen-bond donors (Lipinski definition) is 1. The van der Waals surface area contributed by atoms with Crippen LogP contribution >= 0.6 is 0 Å². The molecule has 1 heterocycles. The molecule has 0 radical (unpaired) electrons. The average molecular weight is 196 g/mol. The van der Waals surface area contributed by atoms with E-state index in [2.05, 4.69) is 25.8 Å². The molecule has 0 aromatic carbocycles. The molecule has 82 valence electrons. The van der Waals surface area contributed by atoms with Crippen molar-refractivity contribution in [2.75, 3.05) is 13.6 Å². The summed E-state index contributed by atoms with van der Waals surface area (Å²) in [6, 6.07) is 0.747. The fourth-order valence-electron chi connectivity index (χ4n) is 3.31. The van der Waals surface area contributed by atoms with Crippen molar-refractivity contribution < 1.29 is 0 Å². The zero-order valence-electron chi connectivity index (χ0n) is 9.84. The highest BCUT2D eigenvalue weighted by Gasteiger charge is 2.58. The van der Waals surface area contributed by atoms with Crippen LogP contribution in [0.15, 0.2) is 0 Å². The topological polar surface area (TPSA) is 29.3 Å². The van der Waals surface area contributed by atoms with Crippen LogP contribution < -0.4 is 5.73 Å². The second-order valence-electron chi connectivity index (χ2n) is 5.87. The Hall–Kier alpha value is -0.0800. The van der Waals surface area contributed by atoms with Crippen LogP contribution in [0.2, 0.25) is 0 Å². The highest BCUT2D eigenvalue weighted by molar-refractivity contribution is 5.13. The maximum absolute atomic E-state index is 6.34. The van der Waals surface area contributed by atoms with Gasteiger partial charge in [-0.15, -0.1) is 0 Å². The van der Waals surface area contributed by atoms with E-state index < -0.39 is 0 Å². The van der Waals surface area contributed by atoms with E-state index in [1.165, 1.54) is 38.6 Å². The van der Waals surface area contributed by atoms with Crippen LogP contribution in [0.5, 0.6) is 0 Å². The summed E-state index contributed by atoms with van der Waals surface area (Å²) in [7, 11) is 2.27. The molecule has 0 aromatic heterocycles. The lowest BCUT2D eigenvalue weighted by Gasteiger charge is -2.44. The number of hydrogen-bond acceptors (Lipinski definition) is 2. The summed E-state index contributed by atoms with van der Waals surface area (Å²) in [4.78, 5) is 2.55. The minimum atomic E-state index is 0.00324. The predicted octanol–water partition coefficient (Wildman–Crippen LogP) is 1.99. The van der Waals surface area contributed by atoms with E-state index in [0.29, 0.717) is 5.41 Å². The third-order valence-electron chi connectivity index (χ3n) is 4.48. The lowest BCUT2D eigenvalue weighted by molar-refractivity contribution is 0.0749. The molecule has 0 spiro atoms. The summed E-state index contributed by atoms with van der Waals surface area (Å²) < 4.78 is 0. The third kappa shape index (κ3) is 1.49. The van der Waals surface area contributed by atoms with Gasteiger partial charge in [-0.3, -0.25) is 0 Å². The van der Waals surface area contributed by atoms with Gasteiger partial charge in [-0.25, -0.2) is 0 Å². The Kier molecular flexibility index (Phi) is 2.39. The Morgan fingerprint density at radius 1 is 1.29 bits per heavy atom. The van der Waals surface area contributed by atoms with Gasteiger partial charge in [0.05, 0.1) is 0 Å². The van der Waals surface area contributed by atoms with Gasteiger partial charge in [0.25, 0.3) is 0 Å². The van der Waals surface area contributed by atoms with Crippen LogP contribution in [0.1, 0.15) is 46.0 Å². The smallest absolute Gasteiger partial charge is 0.0169 e. The largest absolute Gasteiger partial charge is 0.325 e. The van der Waals surface area contributed by atoms with E-state index in [0.717, 1.165) is 6.04 Å². The number of piperidine rings is 1. The highest BCUT2D eigenvalue weighted by atomic mass is 15.2. The van der Waals surface area contributed by atoms with E-state index in [-0.39, 0.29) is 5.54 Å². The van der Waals surface area contributed by atoms with Crippen LogP contribution in [-0.2, 0) is 0 Å². The molecule has 2 N–H and O–H groups in total. The zero-order valence-corrected chi connectivity index (χ0v) is 9.84. The number of likely N-dealkylation sites (tertiary alicyclic amines) is 1. The van der Waals surface area contributed by atoms with Gasteiger partial charge in [-0.05, 0) is 53.1 Å². The van der Waals surface area contributed by atoms with E-state index in [9.17, 15) is 0 Å². The molecular weight excluding hydrogens is 172 g/mol. The number of nitrogens with zero attached hydrogens (tertiary/aromatic N) is 1. The van der Waals surface area contributed by atoms with Gasteiger partial charge in [0.1, 0.15) is 0 Å². The maximum Gasteiger partial charge on any atom is 0.0169 e. The van der Waals surface area contributed by atoms with Crippen LogP contribution in [-0.4, -0.2) is 30.1 Å². The van der Waals surface area contributed by atoms with Crippen LogP contribution in [0.3, 0.4) is 0 Å². The molecule has 2 rings (SSSR count). The van der Waals surface area contributed by atoms with Gasteiger partial charge in [0.15, 0.2) is 0 Å². The van der Waals surface area contributed by atoms with Crippen molar-refractivity contribution in [2.24, 2.45) is 11.1 Å². The summed E-state index contributed by atoms with van der Waals surface area (Å²) >= 11 is 0. The molecule has 1 saturated heterocycles. The molecular formula is C12H24N2. The Morgan fingerprint density at radius 3 is 2.36 bits per heavy atom. The molecule has 2 nitrogen and oxygen atoms in total. The first-order valence-electron chi connectivity index (χ1n) is 5.96. The van der Waals surface area contributed by atoms with Gasteiger partial charge >= 0.3 is 0 Å². The molecule has 2 fully saturated rings. The van der Waals surface area contributed by atoms with E-state index in [4.69, 9.17) is 5.73 Å². The summed E-state index contributed by atoms with van der Waals surface area (Å²) in [5.41, 5.74) is 6.78. The second-order valence-corrected chi connectivity index (χ2v) is 5.87. The first-order valence-corrected chi connectivity index (χ1v) is 5.96. The van der Waals surface area contributed by atoms with Crippen molar-refractivity contribution in [1.82, 2.24) is 4.90 Å². The quantitative estimate of drug-likeness (QED) is 0.732. The van der Waals surface area contributed by atoms with Gasteiger partial charge in [0.2, 0.25) is 0 Å². The number of rotatable bonds is 2. The first-order chi connectivity index (χ1) is 6.47. The van der Waals surface area contributed by atoms with Crippen molar-refractivity contribution >= 4 is 0 Å². The normalized spacial score (nSPS) is 33.0. The van der Waals surface area contributed by atoms with Gasteiger partial charge in [0, 0.05) is 17.0 Å². The van der Waals surface area contributed by atoms with E-state index in [1.54, 1.807) is 0 Å². The number of nitrogens with two attached hydrogens (primary N) is 1. The lowest BCUT2D eigenvalue weighted by Crippen LogP contribution is -2.55. The van der Waals surface area contributed by atoms with E-state index >= 15 is 0 Å². The van der Waals surface area contributed by atoms with Crippen LogP contribution in [0.25, 0.3) is 0 Å². The Balaban J connectivity index is 2.13. The summed E-state index contributed by atoms with van der Waals surface area (Å²) in [6.07, 6.45) is 6.80. The standard InChI is InChI=1S/C12H24N2/c1-11(2,13)12(7-8-12)10-6-4-5-9-14(10)3/h10H,4-9,13H2,1-3H3. The fraction of sp³-hybridized carbons (Fsp3) is 1.00. The molecule has 1 unspecified atom stereocenters. The highest BCUT2D eigenvalue weighted by Crippen LogP contribution is 2.58. The molecule has 0 aromatic rings. The van der Waals surface area contributed by atoms with Crippen LogP contribution in [0, 0.1) is 5.41 Å². The Morgan fingerprint density at radius 2 is 1.93 bits per heavy atom. The Bertz CT molecular complexity index is 213. The zero-order chi connectivity index (χ0) is 10.4. The summed E-state index contributed by atoms with van der Waals surface area (Å²) in [6.45, 7) is 5.69. The molecule has 1 aliphatic heterocycles. The Labute approximate surface area is 87.8 Å². The van der Waals surface area contributed by atoms with Crippen LogP contribution in [0.4, 0.5) is 0 Å². The van der Waals surface area contributed by atoms with Gasteiger partial charge in [-0.1, -0.05) is 6.42 Å². The SMILES string of the molecule is CN1CCCCC1C1(C(C)(C)N)CC1. The summed E-state index contributed by atoms with van der Waals surface area (Å²) in [5, 5.41) is 0. The van der Waals surface area contributed by atoms with Crippen molar-refractivity contribution in [1.29, 1.82) is 0 Å². The molecule has 14 heavy (non-hydrogen) atoms. The molecule has 0 bridgehead atoms. The van der Waals surface area contributed by atoms with E-state index in [1.807, 2.05) is 0 Å². The molecule has 1 atom stereocenters. The second kappa shape index (κ2) is 3.21. The molecule has 2 heteroatoms. The minimum Gasteiger partial charge on any atom is -0.325 e. The van der Waals surface area contributed by atoms with Gasteiger partial charge in [-0.2, -0.15) is 0 Å². The van der Waals surface area contributed by atoms with Crippen molar-refractivity contribution in [2.45, 2.75) is 57.5 Å². The predicted molar refractivity (Wildman–Crippen MR) is 60.2 cm³/mol. The molecule has 1 aliphatic carbocycles. The minimum absolute atomic E-state index is 0.00324. The average Bonchev–Trinajstić information content (AvgIpc) is 2.84. The molecule has 2 aliphatic rings. The summed E-state index contributed by atoms with van der Waals surface area (Å²) in [5.74, 6) is 0. The third-order valence-corrected chi connectivity index (χ3v) is 4.48. The van der Waals surface area contributed by atoms with Crippen molar-refractivity contribution in [3.63, 3.8) is 0 Å². The van der Waals surface area contributed by atoms with Crippen molar-refractivity contribution in [3.05, 3.63) is 0 Å². The monoisotopic (exact) mass is 196 g/mol.